The number of carbonyl (C=O) groups excluding carboxylic acids is 1. The molecule has 0 radical (unpaired) electrons. The predicted octanol–water partition coefficient (Wildman–Crippen LogP) is 3.95. The molecule has 7 nitrogen and oxygen atoms in total. The molecule has 0 spiro atoms. The highest BCUT2D eigenvalue weighted by Gasteiger charge is 2.21. The van der Waals surface area contributed by atoms with Crippen molar-refractivity contribution in [3.05, 3.63) is 59.4 Å². The number of aromatic nitrogens is 2. The van der Waals surface area contributed by atoms with Crippen LogP contribution in [0.4, 0.5) is 5.69 Å². The number of nitrogens with zero attached hydrogens (tertiary/aromatic N) is 2. The lowest BCUT2D eigenvalue weighted by Crippen LogP contribution is -2.14. The van der Waals surface area contributed by atoms with Gasteiger partial charge < -0.3 is 19.5 Å². The van der Waals surface area contributed by atoms with Gasteiger partial charge in [0, 0.05) is 18.6 Å². The van der Waals surface area contributed by atoms with Gasteiger partial charge in [-0.1, -0.05) is 29.8 Å². The Balaban J connectivity index is 1.62. The van der Waals surface area contributed by atoms with Gasteiger partial charge in [0.1, 0.15) is 0 Å². The van der Waals surface area contributed by atoms with Gasteiger partial charge in [-0.05, 0) is 12.1 Å². The zero-order valence-corrected chi connectivity index (χ0v) is 15.9. The van der Waals surface area contributed by atoms with Gasteiger partial charge in [0.25, 0.3) is 5.91 Å². The zero-order chi connectivity index (χ0) is 19.5. The van der Waals surface area contributed by atoms with E-state index in [1.165, 1.54) is 7.11 Å². The van der Waals surface area contributed by atoms with E-state index in [9.17, 15) is 4.79 Å². The van der Waals surface area contributed by atoms with Gasteiger partial charge in [-0.15, -0.1) is 0 Å². The topological polar surface area (TPSA) is 74.6 Å². The Morgan fingerprint density at radius 3 is 2.61 bits per heavy atom. The normalized spacial score (nSPS) is 12.9. The third kappa shape index (κ3) is 3.61. The maximum atomic E-state index is 12.8. The molecule has 144 valence electrons. The van der Waals surface area contributed by atoms with E-state index < -0.39 is 5.91 Å². The number of rotatable bonds is 4. The highest BCUT2D eigenvalue weighted by Crippen LogP contribution is 2.38. The molecule has 0 atom stereocenters. The molecule has 0 saturated carbocycles. The number of para-hydroxylation sites is 1. The third-order valence-electron chi connectivity index (χ3n) is 4.22. The predicted molar refractivity (Wildman–Crippen MR) is 105 cm³/mol. The fourth-order valence-electron chi connectivity index (χ4n) is 2.84. The number of hydrogen-bond donors (Lipinski definition) is 1. The molecule has 1 aliphatic rings. The van der Waals surface area contributed by atoms with E-state index >= 15 is 0 Å². The van der Waals surface area contributed by atoms with Crippen LogP contribution < -0.4 is 19.5 Å². The highest BCUT2D eigenvalue weighted by atomic mass is 35.5. The van der Waals surface area contributed by atoms with E-state index in [1.54, 1.807) is 23.0 Å². The van der Waals surface area contributed by atoms with Crippen LogP contribution in [0.5, 0.6) is 17.2 Å². The zero-order valence-electron chi connectivity index (χ0n) is 15.1. The Labute approximate surface area is 166 Å². The summed E-state index contributed by atoms with van der Waals surface area (Å²) >= 11 is 6.31. The summed E-state index contributed by atoms with van der Waals surface area (Å²) in [4.78, 5) is 12.8. The average molecular weight is 400 g/mol. The van der Waals surface area contributed by atoms with Crippen molar-refractivity contribution < 1.29 is 19.0 Å². The van der Waals surface area contributed by atoms with Crippen LogP contribution >= 0.6 is 11.6 Å². The molecule has 1 aliphatic heterocycles. The minimum Gasteiger partial charge on any atom is -0.493 e. The van der Waals surface area contributed by atoms with Crippen molar-refractivity contribution in [2.45, 2.75) is 6.42 Å². The van der Waals surface area contributed by atoms with E-state index in [-0.39, 0.29) is 5.69 Å². The van der Waals surface area contributed by atoms with Gasteiger partial charge in [0.2, 0.25) is 0 Å². The molecule has 0 aliphatic carbocycles. The average Bonchev–Trinajstić information content (AvgIpc) is 3.03. The number of ether oxygens (including phenoxy) is 3. The monoisotopic (exact) mass is 399 g/mol. The molecule has 1 N–H and O–H groups in total. The number of anilines is 1. The quantitative estimate of drug-likeness (QED) is 0.719. The number of halogens is 1. The SMILES string of the molecule is COc1cn(-c2ccccc2)nc1C(=O)Nc1cc2c(cc1Cl)OCCCO2. The highest BCUT2D eigenvalue weighted by molar-refractivity contribution is 6.34. The summed E-state index contributed by atoms with van der Waals surface area (Å²) in [5.74, 6) is 1.01. The van der Waals surface area contributed by atoms with Crippen LogP contribution in [-0.2, 0) is 0 Å². The molecule has 2 heterocycles. The van der Waals surface area contributed by atoms with Crippen LogP contribution in [0.1, 0.15) is 16.9 Å². The van der Waals surface area contributed by atoms with Crippen LogP contribution in [0.25, 0.3) is 5.69 Å². The first kappa shape index (κ1) is 18.2. The summed E-state index contributed by atoms with van der Waals surface area (Å²) in [6, 6.07) is 12.7. The van der Waals surface area contributed by atoms with Crippen molar-refractivity contribution in [3.63, 3.8) is 0 Å². The third-order valence-corrected chi connectivity index (χ3v) is 4.53. The summed E-state index contributed by atoms with van der Waals surface area (Å²) in [5, 5.41) is 7.48. The molecule has 0 bridgehead atoms. The summed E-state index contributed by atoms with van der Waals surface area (Å²) in [6.07, 6.45) is 2.43. The fourth-order valence-corrected chi connectivity index (χ4v) is 3.04. The van der Waals surface area contributed by atoms with Gasteiger partial charge in [0.05, 0.1) is 42.9 Å². The summed E-state index contributed by atoms with van der Waals surface area (Å²) < 4.78 is 18.2. The summed E-state index contributed by atoms with van der Waals surface area (Å²) in [6.45, 7) is 1.10. The smallest absolute Gasteiger partial charge is 0.280 e. The van der Waals surface area contributed by atoms with Crippen LogP contribution in [0.2, 0.25) is 5.02 Å². The van der Waals surface area contributed by atoms with Gasteiger partial charge in [-0.25, -0.2) is 4.68 Å². The first-order valence-electron chi connectivity index (χ1n) is 8.75. The molecule has 1 amide bonds. The minimum absolute atomic E-state index is 0.148. The van der Waals surface area contributed by atoms with E-state index in [0.717, 1.165) is 12.1 Å². The Morgan fingerprint density at radius 1 is 1.18 bits per heavy atom. The standard InChI is InChI=1S/C20H18ClN3O4/c1-26-18-12-24(13-6-3-2-4-7-13)23-19(18)20(25)22-15-11-17-16(10-14(15)21)27-8-5-9-28-17/h2-4,6-7,10-12H,5,8-9H2,1H3,(H,22,25). The molecule has 3 aromatic rings. The van der Waals surface area contributed by atoms with Crippen LogP contribution in [0, 0.1) is 0 Å². The number of hydrogen-bond acceptors (Lipinski definition) is 5. The van der Waals surface area contributed by atoms with E-state index in [4.69, 9.17) is 25.8 Å². The number of benzene rings is 2. The molecule has 2 aromatic carbocycles. The number of fused-ring (bicyclic) bond motifs is 1. The lowest BCUT2D eigenvalue weighted by molar-refractivity contribution is 0.101. The van der Waals surface area contributed by atoms with Gasteiger partial charge in [0.15, 0.2) is 22.9 Å². The number of methoxy groups -OCH3 is 1. The molecule has 0 saturated heterocycles. The molecular formula is C20H18ClN3O4. The van der Waals surface area contributed by atoms with Crippen molar-refractivity contribution in [1.29, 1.82) is 0 Å². The maximum Gasteiger partial charge on any atom is 0.280 e. The van der Waals surface area contributed by atoms with Gasteiger partial charge in [-0.2, -0.15) is 5.10 Å². The second-order valence-corrected chi connectivity index (χ2v) is 6.52. The largest absolute Gasteiger partial charge is 0.493 e. The van der Waals surface area contributed by atoms with E-state index in [1.807, 2.05) is 30.3 Å². The van der Waals surface area contributed by atoms with Gasteiger partial charge >= 0.3 is 0 Å². The molecule has 1 aromatic heterocycles. The van der Waals surface area contributed by atoms with Crippen molar-refractivity contribution >= 4 is 23.2 Å². The second-order valence-electron chi connectivity index (χ2n) is 6.11. The molecule has 4 rings (SSSR count). The fraction of sp³-hybridized carbons (Fsp3) is 0.200. The Morgan fingerprint density at radius 2 is 1.89 bits per heavy atom. The molecule has 0 unspecified atom stereocenters. The van der Waals surface area contributed by atoms with Crippen LogP contribution in [0.3, 0.4) is 0 Å². The lowest BCUT2D eigenvalue weighted by atomic mass is 10.2. The van der Waals surface area contributed by atoms with Gasteiger partial charge in [-0.3, -0.25) is 4.79 Å². The van der Waals surface area contributed by atoms with Crippen LogP contribution in [0.15, 0.2) is 48.7 Å². The van der Waals surface area contributed by atoms with Crippen molar-refractivity contribution in [2.75, 3.05) is 25.6 Å². The molecular weight excluding hydrogens is 382 g/mol. The lowest BCUT2D eigenvalue weighted by Gasteiger charge is -2.12. The summed E-state index contributed by atoms with van der Waals surface area (Å²) in [7, 11) is 1.49. The van der Waals surface area contributed by atoms with E-state index in [2.05, 4.69) is 10.4 Å². The second kappa shape index (κ2) is 7.82. The maximum absolute atomic E-state index is 12.8. The van der Waals surface area contributed by atoms with Crippen molar-refractivity contribution in [3.8, 4) is 22.9 Å². The van der Waals surface area contributed by atoms with Crippen molar-refractivity contribution in [2.24, 2.45) is 0 Å². The molecule has 28 heavy (non-hydrogen) atoms. The molecule has 0 fully saturated rings. The Hall–Kier alpha value is -3.19. The first-order valence-corrected chi connectivity index (χ1v) is 9.13. The molecule has 8 heteroatoms. The Kier molecular flexibility index (Phi) is 5.08. The minimum atomic E-state index is -0.442. The van der Waals surface area contributed by atoms with Crippen molar-refractivity contribution in [1.82, 2.24) is 9.78 Å². The Bertz CT molecular complexity index is 1000. The number of amides is 1. The first-order chi connectivity index (χ1) is 13.7. The number of nitrogens with one attached hydrogen (secondary N) is 1. The van der Waals surface area contributed by atoms with E-state index in [0.29, 0.717) is 41.2 Å². The van der Waals surface area contributed by atoms with Crippen LogP contribution in [-0.4, -0.2) is 36.0 Å². The number of carbonyl (C=O) groups is 1. The summed E-state index contributed by atoms with van der Waals surface area (Å²) in [5.41, 5.74) is 1.37.